The van der Waals surface area contributed by atoms with Gasteiger partial charge in [-0.15, -0.1) is 0 Å². The van der Waals surface area contributed by atoms with E-state index < -0.39 is 28.9 Å². The third-order valence-corrected chi connectivity index (χ3v) is 3.99. The molecule has 0 aliphatic carbocycles. The molecule has 24 heavy (non-hydrogen) atoms. The fourth-order valence-electron chi connectivity index (χ4n) is 2.33. The molecule has 1 rings (SSSR count). The van der Waals surface area contributed by atoms with Crippen LogP contribution in [0.3, 0.4) is 0 Å². The molecular weight excluding hydrogens is 314 g/mol. The van der Waals surface area contributed by atoms with Gasteiger partial charge >= 0.3 is 6.09 Å². The number of nitrogens with one attached hydrogen (secondary N) is 2. The minimum absolute atomic E-state index is 0.182. The van der Waals surface area contributed by atoms with Gasteiger partial charge in [0.15, 0.2) is 0 Å². The molecule has 0 bridgehead atoms. The zero-order valence-corrected chi connectivity index (χ0v) is 15.1. The maximum absolute atomic E-state index is 13.8. The zero-order valence-electron chi connectivity index (χ0n) is 15.1. The quantitative estimate of drug-likeness (QED) is 0.783. The van der Waals surface area contributed by atoms with Crippen molar-refractivity contribution >= 4 is 6.09 Å². The van der Waals surface area contributed by atoms with Crippen molar-refractivity contribution < 1.29 is 18.3 Å². The molecule has 1 amide bonds. The van der Waals surface area contributed by atoms with Gasteiger partial charge in [0.1, 0.15) is 17.2 Å². The number of ether oxygens (including phenoxy) is 1. The van der Waals surface area contributed by atoms with E-state index in [2.05, 4.69) is 10.6 Å². The molecule has 0 radical (unpaired) electrons. The predicted octanol–water partition coefficient (Wildman–Crippen LogP) is 4.14. The Morgan fingerprint density at radius 3 is 2.33 bits per heavy atom. The summed E-state index contributed by atoms with van der Waals surface area (Å²) in [4.78, 5) is 11.8. The molecule has 0 saturated carbocycles. The van der Waals surface area contributed by atoms with Gasteiger partial charge in [-0.1, -0.05) is 13.8 Å². The second-order valence-corrected chi connectivity index (χ2v) is 6.93. The average molecular weight is 342 g/mol. The fourth-order valence-corrected chi connectivity index (χ4v) is 2.33. The first-order valence-corrected chi connectivity index (χ1v) is 8.26. The summed E-state index contributed by atoms with van der Waals surface area (Å²) in [6.45, 7) is 9.87. The van der Waals surface area contributed by atoms with E-state index >= 15 is 0 Å². The third-order valence-electron chi connectivity index (χ3n) is 3.99. The first-order valence-electron chi connectivity index (χ1n) is 8.26. The molecule has 0 spiro atoms. The number of carbonyl (C=O) groups is 1. The lowest BCUT2D eigenvalue weighted by Crippen LogP contribution is -2.53. The minimum atomic E-state index is -0.566. The van der Waals surface area contributed by atoms with Gasteiger partial charge in [0.05, 0.1) is 0 Å². The number of hydrogen-bond donors (Lipinski definition) is 2. The van der Waals surface area contributed by atoms with Crippen LogP contribution >= 0.6 is 0 Å². The van der Waals surface area contributed by atoms with Gasteiger partial charge in [-0.05, 0) is 51.8 Å². The van der Waals surface area contributed by atoms with E-state index in [1.807, 2.05) is 13.8 Å². The molecule has 136 valence electrons. The van der Waals surface area contributed by atoms with Gasteiger partial charge in [-0.25, -0.2) is 13.6 Å². The number of carbonyl (C=O) groups excluding carboxylic acids is 1. The summed E-state index contributed by atoms with van der Waals surface area (Å²) >= 11 is 0. The van der Waals surface area contributed by atoms with E-state index in [-0.39, 0.29) is 12.1 Å². The standard InChI is InChI=1S/C18H28F2N2O2/c1-6-18(7-2,12-21-16(23)24-17(3,4)5)22-11-13-10-14(19)8-9-15(13)20/h8-10,22H,6-7,11-12H2,1-5H3,(H,21,23). The van der Waals surface area contributed by atoms with Crippen LogP contribution in [0.2, 0.25) is 0 Å². The normalized spacial score (nSPS) is 12.1. The molecule has 0 unspecified atom stereocenters. The van der Waals surface area contributed by atoms with Crippen LogP contribution in [0.25, 0.3) is 0 Å². The van der Waals surface area contributed by atoms with E-state index in [0.29, 0.717) is 6.54 Å². The SMILES string of the molecule is CCC(CC)(CNC(=O)OC(C)(C)C)NCc1cc(F)ccc1F. The van der Waals surface area contributed by atoms with E-state index in [1.54, 1.807) is 20.8 Å². The van der Waals surface area contributed by atoms with E-state index in [9.17, 15) is 13.6 Å². The van der Waals surface area contributed by atoms with E-state index in [1.165, 1.54) is 6.07 Å². The Bertz CT molecular complexity index is 552. The predicted molar refractivity (Wildman–Crippen MR) is 90.7 cm³/mol. The molecule has 0 heterocycles. The van der Waals surface area contributed by atoms with Crippen LogP contribution in [0.4, 0.5) is 13.6 Å². The van der Waals surface area contributed by atoms with Crippen molar-refractivity contribution in [2.45, 2.75) is 65.1 Å². The number of hydrogen-bond acceptors (Lipinski definition) is 3. The van der Waals surface area contributed by atoms with Crippen LogP contribution in [-0.4, -0.2) is 23.8 Å². The van der Waals surface area contributed by atoms with Crippen LogP contribution in [0, 0.1) is 11.6 Å². The summed E-state index contributed by atoms with van der Waals surface area (Å²) < 4.78 is 32.3. The van der Waals surface area contributed by atoms with Gasteiger partial charge in [-0.3, -0.25) is 0 Å². The highest BCUT2D eigenvalue weighted by atomic mass is 19.1. The molecule has 0 aromatic heterocycles. The summed E-state index contributed by atoms with van der Waals surface area (Å²) in [6, 6.07) is 3.39. The van der Waals surface area contributed by atoms with Crippen molar-refractivity contribution in [1.82, 2.24) is 10.6 Å². The average Bonchev–Trinajstić information content (AvgIpc) is 2.49. The van der Waals surface area contributed by atoms with Gasteiger partial charge in [-0.2, -0.15) is 0 Å². The Labute approximate surface area is 143 Å². The largest absolute Gasteiger partial charge is 0.444 e. The molecule has 0 aliphatic rings. The summed E-state index contributed by atoms with van der Waals surface area (Å²) in [6.07, 6.45) is 0.944. The second-order valence-electron chi connectivity index (χ2n) is 6.93. The topological polar surface area (TPSA) is 50.4 Å². The van der Waals surface area contributed by atoms with Crippen LogP contribution in [-0.2, 0) is 11.3 Å². The van der Waals surface area contributed by atoms with E-state index in [4.69, 9.17) is 4.74 Å². The van der Waals surface area contributed by atoms with Gasteiger partial charge in [0.2, 0.25) is 0 Å². The van der Waals surface area contributed by atoms with Crippen LogP contribution < -0.4 is 10.6 Å². The summed E-state index contributed by atoms with van der Waals surface area (Å²) in [5.41, 5.74) is -0.725. The Morgan fingerprint density at radius 1 is 1.17 bits per heavy atom. The number of halogens is 2. The molecule has 2 N–H and O–H groups in total. The molecular formula is C18H28F2N2O2. The van der Waals surface area contributed by atoms with Crippen molar-refractivity contribution in [3.63, 3.8) is 0 Å². The Kier molecular flexibility index (Phi) is 7.14. The molecule has 0 atom stereocenters. The molecule has 0 fully saturated rings. The van der Waals surface area contributed by atoms with Gasteiger partial charge < -0.3 is 15.4 Å². The van der Waals surface area contributed by atoms with Crippen LogP contribution in [0.5, 0.6) is 0 Å². The summed E-state index contributed by atoms with van der Waals surface area (Å²) in [7, 11) is 0. The third kappa shape index (κ3) is 6.43. The van der Waals surface area contributed by atoms with Crippen LogP contribution in [0.15, 0.2) is 18.2 Å². The van der Waals surface area contributed by atoms with Crippen molar-refractivity contribution in [1.29, 1.82) is 0 Å². The lowest BCUT2D eigenvalue weighted by atomic mass is 9.92. The highest BCUT2D eigenvalue weighted by molar-refractivity contribution is 5.67. The number of rotatable bonds is 7. The molecule has 6 heteroatoms. The van der Waals surface area contributed by atoms with Gasteiger partial charge in [0, 0.05) is 24.2 Å². The number of benzene rings is 1. The summed E-state index contributed by atoms with van der Waals surface area (Å²) in [5.74, 6) is -0.927. The number of alkyl carbamates (subject to hydrolysis) is 1. The highest BCUT2D eigenvalue weighted by Gasteiger charge is 2.27. The van der Waals surface area contributed by atoms with Crippen molar-refractivity contribution in [2.24, 2.45) is 0 Å². The fraction of sp³-hybridized carbons (Fsp3) is 0.611. The van der Waals surface area contributed by atoms with Crippen molar-refractivity contribution in [3.8, 4) is 0 Å². The Morgan fingerprint density at radius 2 is 1.79 bits per heavy atom. The second kappa shape index (κ2) is 8.42. The molecule has 1 aromatic carbocycles. The zero-order chi connectivity index (χ0) is 18.4. The first kappa shape index (κ1) is 20.4. The monoisotopic (exact) mass is 342 g/mol. The Balaban J connectivity index is 2.70. The Hall–Kier alpha value is -1.69. The van der Waals surface area contributed by atoms with Crippen molar-refractivity contribution in [3.05, 3.63) is 35.4 Å². The smallest absolute Gasteiger partial charge is 0.407 e. The maximum atomic E-state index is 13.8. The van der Waals surface area contributed by atoms with E-state index in [0.717, 1.165) is 25.0 Å². The molecule has 1 aromatic rings. The highest BCUT2D eigenvalue weighted by Crippen LogP contribution is 2.17. The molecule has 0 saturated heterocycles. The van der Waals surface area contributed by atoms with Crippen LogP contribution in [0.1, 0.15) is 53.0 Å². The number of amides is 1. The lowest BCUT2D eigenvalue weighted by molar-refractivity contribution is 0.0507. The van der Waals surface area contributed by atoms with Crippen molar-refractivity contribution in [2.75, 3.05) is 6.54 Å². The minimum Gasteiger partial charge on any atom is -0.444 e. The lowest BCUT2D eigenvalue weighted by Gasteiger charge is -2.34. The first-order chi connectivity index (χ1) is 11.1. The molecule has 0 aliphatic heterocycles. The molecule has 4 nitrogen and oxygen atoms in total. The maximum Gasteiger partial charge on any atom is 0.407 e. The summed E-state index contributed by atoms with van der Waals surface area (Å²) in [5, 5.41) is 6.01. The van der Waals surface area contributed by atoms with Gasteiger partial charge in [0.25, 0.3) is 0 Å².